The number of fused-ring (bicyclic) bond motifs is 4. The van der Waals surface area contributed by atoms with Crippen molar-refractivity contribution in [2.75, 3.05) is 7.11 Å². The van der Waals surface area contributed by atoms with E-state index in [-0.39, 0.29) is 34.6 Å². The van der Waals surface area contributed by atoms with Gasteiger partial charge in [-0.05, 0) is 111 Å². The molecule has 0 radical (unpaired) electrons. The van der Waals surface area contributed by atoms with Gasteiger partial charge in [0.05, 0.1) is 30.0 Å². The van der Waals surface area contributed by atoms with Crippen molar-refractivity contribution in [3.8, 4) is 0 Å². The third kappa shape index (κ3) is 2.81. The second-order valence-electron chi connectivity index (χ2n) is 15.9. The molecule has 0 aromatic heterocycles. The molecule has 5 unspecified atom stereocenters. The van der Waals surface area contributed by atoms with E-state index in [1.54, 1.807) is 21.0 Å². The third-order valence-corrected chi connectivity index (χ3v) is 14.1. The number of aliphatic hydroxyl groups is 3. The molecule has 5 aliphatic carbocycles. The van der Waals surface area contributed by atoms with Gasteiger partial charge in [0.25, 0.3) is 0 Å². The Morgan fingerprint density at radius 2 is 1.58 bits per heavy atom. The van der Waals surface area contributed by atoms with Gasteiger partial charge in [0, 0.05) is 12.5 Å². The van der Waals surface area contributed by atoms with Gasteiger partial charge in [-0.25, -0.2) is 0 Å². The maximum atomic E-state index is 12.3. The molecule has 5 nitrogen and oxygen atoms in total. The Morgan fingerprint density at radius 3 is 2.22 bits per heavy atom. The van der Waals surface area contributed by atoms with Gasteiger partial charge in [0.15, 0.2) is 0 Å². The fourth-order valence-electron chi connectivity index (χ4n) is 12.4. The second kappa shape index (κ2) is 7.50. The number of hydrogen-bond donors (Lipinski definition) is 3. The Bertz CT molecular complexity index is 911. The molecule has 1 heterocycles. The Hall–Kier alpha value is -0.200. The van der Waals surface area contributed by atoms with E-state index in [1.807, 2.05) is 0 Å². The first-order valence-corrected chi connectivity index (χ1v) is 14.9. The van der Waals surface area contributed by atoms with Crippen molar-refractivity contribution in [3.05, 3.63) is 0 Å². The fraction of sp³-hybridized carbons (Fsp3) is 1.00. The monoisotopic (exact) mass is 504 g/mol. The third-order valence-electron chi connectivity index (χ3n) is 14.1. The molecule has 13 atom stereocenters. The van der Waals surface area contributed by atoms with Crippen LogP contribution >= 0.6 is 0 Å². The molecule has 36 heavy (non-hydrogen) atoms. The first-order valence-electron chi connectivity index (χ1n) is 14.9. The molecule has 0 bridgehead atoms. The highest BCUT2D eigenvalue weighted by atomic mass is 16.6. The van der Waals surface area contributed by atoms with E-state index in [1.165, 1.54) is 19.3 Å². The Kier molecular flexibility index (Phi) is 5.43. The van der Waals surface area contributed by atoms with Crippen LogP contribution in [0, 0.1) is 50.7 Å². The second-order valence-corrected chi connectivity index (χ2v) is 15.9. The normalized spacial score (nSPS) is 58.1. The molecule has 5 saturated carbocycles. The zero-order valence-electron chi connectivity index (χ0n) is 24.0. The predicted octanol–water partition coefficient (Wildman–Crippen LogP) is 4.95. The number of rotatable bonds is 3. The summed E-state index contributed by atoms with van der Waals surface area (Å²) in [7, 11) is 1.66. The lowest BCUT2D eigenvalue weighted by atomic mass is 9.41. The summed E-state index contributed by atoms with van der Waals surface area (Å²) < 4.78 is 12.6. The zero-order valence-corrected chi connectivity index (χ0v) is 24.0. The highest BCUT2D eigenvalue weighted by Gasteiger charge is 2.84. The van der Waals surface area contributed by atoms with Crippen LogP contribution < -0.4 is 0 Å². The van der Waals surface area contributed by atoms with Crippen molar-refractivity contribution in [3.63, 3.8) is 0 Å². The molecule has 6 fully saturated rings. The Labute approximate surface area is 218 Å². The maximum Gasteiger partial charge on any atom is 0.111 e. The van der Waals surface area contributed by atoms with Crippen LogP contribution in [0.4, 0.5) is 0 Å². The summed E-state index contributed by atoms with van der Waals surface area (Å²) in [5, 5.41) is 34.0. The number of aliphatic hydroxyl groups excluding tert-OH is 2. The van der Waals surface area contributed by atoms with Gasteiger partial charge in [-0.15, -0.1) is 0 Å². The molecule has 1 saturated heterocycles. The van der Waals surface area contributed by atoms with E-state index in [0.717, 1.165) is 32.1 Å². The largest absolute Gasteiger partial charge is 0.393 e. The average molecular weight is 505 g/mol. The molecule has 6 aliphatic rings. The zero-order chi connectivity index (χ0) is 26.3. The fourth-order valence-corrected chi connectivity index (χ4v) is 12.4. The Morgan fingerprint density at radius 1 is 0.944 bits per heavy atom. The molecule has 0 aromatic carbocycles. The predicted molar refractivity (Wildman–Crippen MR) is 139 cm³/mol. The lowest BCUT2D eigenvalue weighted by Gasteiger charge is -2.63. The van der Waals surface area contributed by atoms with Gasteiger partial charge in [-0.1, -0.05) is 34.6 Å². The summed E-state index contributed by atoms with van der Waals surface area (Å²) in [6.45, 7) is 15.5. The molecule has 206 valence electrons. The van der Waals surface area contributed by atoms with E-state index in [0.29, 0.717) is 34.5 Å². The molecule has 3 N–H and O–H groups in total. The van der Waals surface area contributed by atoms with Gasteiger partial charge in [0.2, 0.25) is 0 Å². The van der Waals surface area contributed by atoms with Crippen molar-refractivity contribution in [1.29, 1.82) is 0 Å². The van der Waals surface area contributed by atoms with Gasteiger partial charge in [-0.3, -0.25) is 0 Å². The van der Waals surface area contributed by atoms with Crippen LogP contribution in [0.3, 0.4) is 0 Å². The van der Waals surface area contributed by atoms with Gasteiger partial charge < -0.3 is 24.8 Å². The first kappa shape index (κ1) is 26.0. The summed E-state index contributed by atoms with van der Waals surface area (Å²) in [6, 6.07) is 0. The van der Waals surface area contributed by atoms with Crippen LogP contribution in [-0.4, -0.2) is 58.6 Å². The summed E-state index contributed by atoms with van der Waals surface area (Å²) >= 11 is 0. The van der Waals surface area contributed by atoms with Crippen molar-refractivity contribution < 1.29 is 24.8 Å². The summed E-state index contributed by atoms with van der Waals surface area (Å²) in [5.74, 6) is 1.82. The summed E-state index contributed by atoms with van der Waals surface area (Å²) in [5.41, 5.74) is -0.496. The van der Waals surface area contributed by atoms with Crippen molar-refractivity contribution in [2.45, 2.75) is 136 Å². The molecular formula is C31H52O5. The maximum absolute atomic E-state index is 12.3. The van der Waals surface area contributed by atoms with Gasteiger partial charge >= 0.3 is 0 Å². The van der Waals surface area contributed by atoms with Crippen LogP contribution in [0.2, 0.25) is 0 Å². The van der Waals surface area contributed by atoms with Gasteiger partial charge in [0.1, 0.15) is 6.10 Å². The topological polar surface area (TPSA) is 79.2 Å². The van der Waals surface area contributed by atoms with Crippen molar-refractivity contribution in [1.82, 2.24) is 0 Å². The molecule has 1 aliphatic heterocycles. The van der Waals surface area contributed by atoms with E-state index in [2.05, 4.69) is 34.6 Å². The van der Waals surface area contributed by atoms with Crippen molar-refractivity contribution >= 4 is 0 Å². The van der Waals surface area contributed by atoms with Crippen LogP contribution in [0.25, 0.3) is 0 Å². The minimum Gasteiger partial charge on any atom is -0.393 e. The van der Waals surface area contributed by atoms with E-state index < -0.39 is 17.8 Å². The molecular weight excluding hydrogens is 452 g/mol. The highest BCUT2D eigenvalue weighted by Crippen LogP contribution is 2.89. The van der Waals surface area contributed by atoms with Crippen LogP contribution in [0.5, 0.6) is 0 Å². The SMILES string of the molecule is CO[C@@H](C1C[C@@H](C)[C@H]2C(O1)[C@H](O)[C@@]1(C)C3CC[C@H]4C(C)(C)[C@@H](O)CCC45CC35CC[C@]21C)C(C)(C)O. The smallest absolute Gasteiger partial charge is 0.111 e. The number of methoxy groups -OCH3 is 1. The quantitative estimate of drug-likeness (QED) is 0.507. The number of ether oxygens (including phenoxy) is 2. The lowest BCUT2D eigenvalue weighted by Crippen LogP contribution is -2.59. The molecule has 6 rings (SSSR count). The standard InChI is InChI=1S/C31H52O5/c1-17-15-18(25(35-8)27(4,5)34)36-23-22(17)28(6)13-14-31-16-30(31)12-11-21(32)26(2,3)19(30)9-10-20(31)29(28,7)24(23)33/h17-25,32-34H,9-16H2,1-8H3/t17-,18?,19+,20?,21+,22+,23?,24+,25+,28-,29-,30?,31?/m1/s1. The molecule has 2 spiro atoms. The minimum absolute atomic E-state index is 0.0201. The average Bonchev–Trinajstić information content (AvgIpc) is 3.41. The summed E-state index contributed by atoms with van der Waals surface area (Å²) in [6.07, 6.45) is 7.46. The summed E-state index contributed by atoms with van der Waals surface area (Å²) in [4.78, 5) is 0. The molecule has 5 heteroatoms. The lowest BCUT2D eigenvalue weighted by molar-refractivity contribution is -0.209. The van der Waals surface area contributed by atoms with E-state index in [4.69, 9.17) is 9.47 Å². The van der Waals surface area contributed by atoms with Crippen molar-refractivity contribution in [2.24, 2.45) is 50.7 Å². The van der Waals surface area contributed by atoms with E-state index >= 15 is 0 Å². The Balaban J connectivity index is 1.36. The van der Waals surface area contributed by atoms with E-state index in [9.17, 15) is 15.3 Å². The molecule has 0 aromatic rings. The highest BCUT2D eigenvalue weighted by molar-refractivity contribution is 5.32. The van der Waals surface area contributed by atoms with Crippen LogP contribution in [0.1, 0.15) is 99.8 Å². The first-order chi connectivity index (χ1) is 16.6. The van der Waals surface area contributed by atoms with Gasteiger partial charge in [-0.2, -0.15) is 0 Å². The minimum atomic E-state index is -1.00. The molecule has 0 amide bonds. The van der Waals surface area contributed by atoms with Crippen LogP contribution in [-0.2, 0) is 9.47 Å². The number of hydrogen-bond acceptors (Lipinski definition) is 5. The van der Waals surface area contributed by atoms with Crippen LogP contribution in [0.15, 0.2) is 0 Å².